The molecule has 0 saturated carbocycles. The number of methoxy groups -OCH3 is 1. The van der Waals surface area contributed by atoms with Crippen LogP contribution >= 0.6 is 11.3 Å². The number of dihydropyridines is 1. The summed E-state index contributed by atoms with van der Waals surface area (Å²) in [5, 5.41) is 9.64. The first-order valence-corrected chi connectivity index (χ1v) is 16.5. The highest BCUT2D eigenvalue weighted by Crippen LogP contribution is 2.40. The third-order valence-corrected chi connectivity index (χ3v) is 9.41. The largest absolute Gasteiger partial charge is 0.446 e. The second-order valence-corrected chi connectivity index (χ2v) is 13.3. The van der Waals surface area contributed by atoms with Gasteiger partial charge in [-0.05, 0) is 50.8 Å². The lowest BCUT2D eigenvalue weighted by Gasteiger charge is -2.27. The SMILES string of the molecule is C#COCC(C)(C)Cc1c(C2=C(C(C)OC)NCC=C2)n(CC)c2ccc(-c3csc(CCC(=O)N4CCCCN4)n3)cc12. The number of nitrogens with zero attached hydrogens (tertiary/aromatic N) is 3. The van der Waals surface area contributed by atoms with E-state index in [1.165, 1.54) is 22.2 Å². The summed E-state index contributed by atoms with van der Waals surface area (Å²) in [6.07, 6.45) is 16.2. The minimum absolute atomic E-state index is 0.0783. The van der Waals surface area contributed by atoms with Crippen molar-refractivity contribution in [2.75, 3.05) is 33.4 Å². The fourth-order valence-electron chi connectivity index (χ4n) is 6.19. The van der Waals surface area contributed by atoms with Crippen LogP contribution in [0, 0.1) is 17.9 Å². The Morgan fingerprint density at radius 1 is 1.30 bits per heavy atom. The molecule has 3 aromatic rings. The van der Waals surface area contributed by atoms with Crippen molar-refractivity contribution in [2.45, 2.75) is 72.4 Å². The Morgan fingerprint density at radius 3 is 2.86 bits per heavy atom. The minimum Gasteiger partial charge on any atom is -0.446 e. The lowest BCUT2D eigenvalue weighted by Crippen LogP contribution is -2.47. The number of thiazole rings is 1. The number of fused-ring (bicyclic) bond motifs is 1. The Bertz CT molecular complexity index is 1590. The van der Waals surface area contributed by atoms with Gasteiger partial charge in [-0.1, -0.05) is 38.5 Å². The van der Waals surface area contributed by atoms with Gasteiger partial charge < -0.3 is 19.4 Å². The van der Waals surface area contributed by atoms with Gasteiger partial charge in [0.1, 0.15) is 12.7 Å². The number of allylic oxidation sites excluding steroid dienone is 2. The molecule has 1 fully saturated rings. The van der Waals surface area contributed by atoms with E-state index >= 15 is 0 Å². The van der Waals surface area contributed by atoms with Gasteiger partial charge in [0.15, 0.2) is 0 Å². The van der Waals surface area contributed by atoms with Gasteiger partial charge in [-0.25, -0.2) is 10.4 Å². The van der Waals surface area contributed by atoms with Crippen molar-refractivity contribution in [3.05, 3.63) is 57.7 Å². The zero-order chi connectivity index (χ0) is 31.3. The normalized spacial score (nSPS) is 16.2. The van der Waals surface area contributed by atoms with Crippen LogP contribution in [0.4, 0.5) is 0 Å². The minimum atomic E-state index is -0.201. The first-order valence-electron chi connectivity index (χ1n) is 15.6. The van der Waals surface area contributed by atoms with Crippen molar-refractivity contribution in [3.63, 3.8) is 0 Å². The smallest absolute Gasteiger partial charge is 0.237 e. The number of terminal acetylenes is 1. The molecule has 2 N–H and O–H groups in total. The number of carbonyl (C=O) groups is 1. The predicted molar refractivity (Wildman–Crippen MR) is 179 cm³/mol. The van der Waals surface area contributed by atoms with Crippen LogP contribution in [0.25, 0.3) is 27.7 Å². The number of amides is 1. The summed E-state index contributed by atoms with van der Waals surface area (Å²) in [6, 6.07) is 6.66. The average molecular weight is 616 g/mol. The number of carbonyl (C=O) groups excluding carboxylic acids is 1. The molecule has 1 amide bonds. The van der Waals surface area contributed by atoms with E-state index < -0.39 is 0 Å². The molecule has 2 aliphatic heterocycles. The summed E-state index contributed by atoms with van der Waals surface area (Å²) >= 11 is 1.62. The summed E-state index contributed by atoms with van der Waals surface area (Å²) < 4.78 is 13.7. The maximum atomic E-state index is 12.7. The molecule has 1 saturated heterocycles. The van der Waals surface area contributed by atoms with Crippen LogP contribution in [0.1, 0.15) is 63.2 Å². The third-order valence-electron chi connectivity index (χ3n) is 8.50. The Hall–Kier alpha value is -3.58. The molecule has 1 unspecified atom stereocenters. The quantitative estimate of drug-likeness (QED) is 0.246. The first kappa shape index (κ1) is 31.8. The van der Waals surface area contributed by atoms with Crippen LogP contribution in [0.2, 0.25) is 0 Å². The van der Waals surface area contributed by atoms with Crippen molar-refractivity contribution in [1.29, 1.82) is 0 Å². The number of rotatable bonds is 12. The summed E-state index contributed by atoms with van der Waals surface area (Å²) in [4.78, 5) is 17.7. The Labute approximate surface area is 265 Å². The number of aromatic nitrogens is 2. The number of nitrogens with one attached hydrogen (secondary N) is 2. The molecule has 0 bridgehead atoms. The van der Waals surface area contributed by atoms with Crippen LogP contribution in [-0.4, -0.2) is 59.9 Å². The van der Waals surface area contributed by atoms with Crippen molar-refractivity contribution in [3.8, 4) is 23.8 Å². The van der Waals surface area contributed by atoms with Gasteiger partial charge in [0.25, 0.3) is 0 Å². The molecule has 0 aliphatic carbocycles. The van der Waals surface area contributed by atoms with E-state index in [0.29, 0.717) is 19.4 Å². The zero-order valence-electron chi connectivity index (χ0n) is 26.7. The number of hydrazine groups is 1. The monoisotopic (exact) mass is 615 g/mol. The molecule has 0 spiro atoms. The number of hydrogen-bond donors (Lipinski definition) is 2. The van der Waals surface area contributed by atoms with Crippen molar-refractivity contribution >= 4 is 33.7 Å². The second kappa shape index (κ2) is 14.0. The topological polar surface area (TPSA) is 80.7 Å². The zero-order valence-corrected chi connectivity index (χ0v) is 27.5. The molecule has 44 heavy (non-hydrogen) atoms. The Kier molecular flexibility index (Phi) is 10.1. The predicted octanol–water partition coefficient (Wildman–Crippen LogP) is 5.93. The third kappa shape index (κ3) is 6.88. The van der Waals surface area contributed by atoms with Crippen LogP contribution in [0.5, 0.6) is 0 Å². The lowest BCUT2D eigenvalue weighted by molar-refractivity contribution is -0.135. The molecule has 1 aromatic carbocycles. The van der Waals surface area contributed by atoms with Crippen LogP contribution in [0.3, 0.4) is 0 Å². The van der Waals surface area contributed by atoms with Crippen LogP contribution in [0.15, 0.2) is 41.4 Å². The molecular formula is C35H45N5O3S. The van der Waals surface area contributed by atoms with E-state index in [1.54, 1.807) is 23.5 Å². The molecule has 5 rings (SSSR count). The molecule has 9 heteroatoms. The summed E-state index contributed by atoms with van der Waals surface area (Å²) in [5.41, 5.74) is 10.9. The van der Waals surface area contributed by atoms with E-state index in [9.17, 15) is 4.79 Å². The Morgan fingerprint density at radius 2 is 2.14 bits per heavy atom. The molecule has 0 radical (unpaired) electrons. The van der Waals surface area contributed by atoms with Gasteiger partial charge in [0.05, 0.1) is 22.5 Å². The molecule has 2 aromatic heterocycles. The fourth-order valence-corrected chi connectivity index (χ4v) is 7.00. The lowest BCUT2D eigenvalue weighted by atomic mass is 9.84. The second-order valence-electron chi connectivity index (χ2n) is 12.3. The molecule has 234 valence electrons. The standard InChI is InChI=1S/C35H45N5O3S/c1-7-39-30-14-13-25(29-22-44-31(38-29)15-16-32(41)40-19-10-9-18-37-40)20-27(30)28(21-35(4,5)23-43-8-2)34(39)26-12-11-17-36-33(26)24(3)42-6/h2,11-14,20,22,24,36-37H,7,9-10,15-19,21,23H2,1,3-6H3. The fraction of sp³-hybridized carbons (Fsp3) is 0.486. The first-order chi connectivity index (χ1) is 21.3. The maximum Gasteiger partial charge on any atom is 0.237 e. The number of ether oxygens (including phenoxy) is 2. The summed E-state index contributed by atoms with van der Waals surface area (Å²) in [5.74, 6) is 0.139. The van der Waals surface area contributed by atoms with Gasteiger partial charge in [-0.3, -0.25) is 9.80 Å². The molecule has 1 atom stereocenters. The molecule has 8 nitrogen and oxygen atoms in total. The van der Waals surface area contributed by atoms with Gasteiger partial charge in [-0.2, -0.15) is 0 Å². The summed E-state index contributed by atoms with van der Waals surface area (Å²) in [7, 11) is 1.75. The number of benzene rings is 1. The Balaban J connectivity index is 1.54. The maximum absolute atomic E-state index is 12.7. The molecule has 2 aliphatic rings. The number of hydrogen-bond acceptors (Lipinski definition) is 7. The van der Waals surface area contributed by atoms with Crippen molar-refractivity contribution in [2.24, 2.45) is 5.41 Å². The highest BCUT2D eigenvalue weighted by atomic mass is 32.1. The van der Waals surface area contributed by atoms with E-state index in [1.807, 2.05) is 0 Å². The van der Waals surface area contributed by atoms with Crippen molar-refractivity contribution in [1.82, 2.24) is 25.3 Å². The summed E-state index contributed by atoms with van der Waals surface area (Å²) in [6.45, 7) is 12.4. The molecular weight excluding hydrogens is 570 g/mol. The number of aryl methyl sites for hydroxylation is 2. The van der Waals surface area contributed by atoms with E-state index in [-0.39, 0.29) is 17.4 Å². The van der Waals surface area contributed by atoms with Gasteiger partial charge in [-0.15, -0.1) is 11.3 Å². The van der Waals surface area contributed by atoms with E-state index in [2.05, 4.69) is 84.8 Å². The van der Waals surface area contributed by atoms with Crippen molar-refractivity contribution < 1.29 is 14.3 Å². The van der Waals surface area contributed by atoms with Gasteiger partial charge in [0.2, 0.25) is 5.91 Å². The van der Waals surface area contributed by atoms with Crippen LogP contribution < -0.4 is 10.7 Å². The molecule has 4 heterocycles. The highest BCUT2D eigenvalue weighted by molar-refractivity contribution is 7.09. The highest BCUT2D eigenvalue weighted by Gasteiger charge is 2.29. The average Bonchev–Trinajstić information content (AvgIpc) is 3.64. The van der Waals surface area contributed by atoms with Gasteiger partial charge in [0, 0.05) is 84.7 Å². The van der Waals surface area contributed by atoms with Gasteiger partial charge >= 0.3 is 0 Å². The van der Waals surface area contributed by atoms with E-state index in [4.69, 9.17) is 20.9 Å². The van der Waals surface area contributed by atoms with E-state index in [0.717, 1.165) is 73.0 Å². The van der Waals surface area contributed by atoms with Crippen LogP contribution in [-0.2, 0) is 33.7 Å².